The van der Waals surface area contributed by atoms with Crippen LogP contribution in [0.25, 0.3) is 0 Å². The van der Waals surface area contributed by atoms with E-state index in [1.807, 2.05) is 30.3 Å². The molecule has 1 aliphatic heterocycles. The SMILES string of the molecule is CC(C)(C)NS(=O)(=O)c1ccc(NC[C@@](C=O)(Cc2ccccc2)NC(=O)OC2CCOCC2)cc1. The van der Waals surface area contributed by atoms with Gasteiger partial charge in [0.05, 0.1) is 18.1 Å². The van der Waals surface area contributed by atoms with Crippen LogP contribution in [0.1, 0.15) is 39.2 Å². The highest BCUT2D eigenvalue weighted by Gasteiger charge is 2.34. The number of hydrogen-bond acceptors (Lipinski definition) is 7. The number of nitrogens with one attached hydrogen (secondary N) is 3. The van der Waals surface area contributed by atoms with E-state index in [0.717, 1.165) is 5.56 Å². The molecule has 1 atom stereocenters. The van der Waals surface area contributed by atoms with Gasteiger partial charge in [-0.1, -0.05) is 30.3 Å². The van der Waals surface area contributed by atoms with Gasteiger partial charge < -0.3 is 24.9 Å². The second-order valence-corrected chi connectivity index (χ2v) is 11.7. The molecule has 10 heteroatoms. The van der Waals surface area contributed by atoms with Crippen LogP contribution in [0.15, 0.2) is 59.5 Å². The van der Waals surface area contributed by atoms with Crippen LogP contribution in [0.2, 0.25) is 0 Å². The van der Waals surface area contributed by atoms with Crippen molar-refractivity contribution in [2.75, 3.05) is 25.1 Å². The van der Waals surface area contributed by atoms with Gasteiger partial charge in [0.1, 0.15) is 17.9 Å². The number of anilines is 1. The fourth-order valence-electron chi connectivity index (χ4n) is 3.88. The Morgan fingerprint density at radius 1 is 1.06 bits per heavy atom. The average molecular weight is 518 g/mol. The zero-order chi connectivity index (χ0) is 26.2. The van der Waals surface area contributed by atoms with Gasteiger partial charge in [-0.25, -0.2) is 17.9 Å². The smallest absolute Gasteiger partial charge is 0.408 e. The van der Waals surface area contributed by atoms with Gasteiger partial charge in [0.2, 0.25) is 10.0 Å². The topological polar surface area (TPSA) is 123 Å². The standard InChI is InChI=1S/C26H35N3O6S/c1-25(2,3)29-36(32,33)23-11-9-21(10-12-23)27-18-26(19-30,17-20-7-5-4-6-8-20)28-24(31)35-22-13-15-34-16-14-22/h4-12,19,22,27,29H,13-18H2,1-3H3,(H,28,31)/t26-/m1/s1. The molecule has 1 fully saturated rings. The Kier molecular flexibility index (Phi) is 9.10. The Morgan fingerprint density at radius 2 is 1.69 bits per heavy atom. The second kappa shape index (κ2) is 11.9. The number of carbonyl (C=O) groups excluding carboxylic acids is 2. The van der Waals surface area contributed by atoms with Crippen molar-refractivity contribution in [1.29, 1.82) is 0 Å². The number of hydrogen-bond donors (Lipinski definition) is 3. The van der Waals surface area contributed by atoms with Crippen LogP contribution in [0.5, 0.6) is 0 Å². The zero-order valence-electron chi connectivity index (χ0n) is 21.0. The van der Waals surface area contributed by atoms with E-state index in [9.17, 15) is 18.0 Å². The summed E-state index contributed by atoms with van der Waals surface area (Å²) in [7, 11) is -3.67. The van der Waals surface area contributed by atoms with Gasteiger partial charge in [-0.3, -0.25) is 0 Å². The molecule has 1 heterocycles. The lowest BCUT2D eigenvalue weighted by Crippen LogP contribution is -2.56. The minimum Gasteiger partial charge on any atom is -0.446 e. The molecule has 0 saturated carbocycles. The maximum absolute atomic E-state index is 12.7. The minimum atomic E-state index is -3.67. The first-order valence-electron chi connectivity index (χ1n) is 12.0. The summed E-state index contributed by atoms with van der Waals surface area (Å²) in [5.74, 6) is 0. The van der Waals surface area contributed by atoms with Crippen LogP contribution in [0.3, 0.4) is 0 Å². The molecule has 36 heavy (non-hydrogen) atoms. The number of sulfonamides is 1. The third-order valence-electron chi connectivity index (χ3n) is 5.59. The second-order valence-electron chi connectivity index (χ2n) is 10.0. The van der Waals surface area contributed by atoms with Crippen LogP contribution in [0, 0.1) is 0 Å². The van der Waals surface area contributed by atoms with E-state index in [-0.39, 0.29) is 24.0 Å². The Morgan fingerprint density at radius 3 is 2.28 bits per heavy atom. The molecule has 0 bridgehead atoms. The fourth-order valence-corrected chi connectivity index (χ4v) is 5.29. The van der Waals surface area contributed by atoms with Crippen molar-refractivity contribution < 1.29 is 27.5 Å². The maximum Gasteiger partial charge on any atom is 0.408 e. The maximum atomic E-state index is 12.7. The highest BCUT2D eigenvalue weighted by Crippen LogP contribution is 2.19. The first-order valence-corrected chi connectivity index (χ1v) is 13.4. The Hall–Kier alpha value is -2.95. The normalized spacial score (nSPS) is 16.5. The summed E-state index contributed by atoms with van der Waals surface area (Å²) in [6.45, 7) is 6.43. The molecular weight excluding hydrogens is 482 g/mol. The molecule has 0 spiro atoms. The van der Waals surface area contributed by atoms with Gasteiger partial charge in [0.25, 0.3) is 0 Å². The highest BCUT2D eigenvalue weighted by atomic mass is 32.2. The molecule has 0 aliphatic carbocycles. The van der Waals surface area contributed by atoms with Gasteiger partial charge in [-0.15, -0.1) is 0 Å². The molecule has 3 N–H and O–H groups in total. The average Bonchev–Trinajstić information content (AvgIpc) is 2.82. The minimum absolute atomic E-state index is 0.0700. The van der Waals surface area contributed by atoms with Crippen LogP contribution in [-0.2, 0) is 30.7 Å². The summed E-state index contributed by atoms with van der Waals surface area (Å²) < 4.78 is 38.6. The molecule has 1 aliphatic rings. The monoisotopic (exact) mass is 517 g/mol. The predicted molar refractivity (Wildman–Crippen MR) is 137 cm³/mol. The van der Waals surface area contributed by atoms with E-state index in [1.54, 1.807) is 32.9 Å². The summed E-state index contributed by atoms with van der Waals surface area (Å²) >= 11 is 0. The van der Waals surface area contributed by atoms with E-state index in [4.69, 9.17) is 9.47 Å². The lowest BCUT2D eigenvalue weighted by Gasteiger charge is -2.31. The van der Waals surface area contributed by atoms with Crippen molar-refractivity contribution >= 4 is 28.1 Å². The Balaban J connectivity index is 1.73. The molecule has 0 unspecified atom stereocenters. The highest BCUT2D eigenvalue weighted by molar-refractivity contribution is 7.89. The molecule has 9 nitrogen and oxygen atoms in total. The largest absolute Gasteiger partial charge is 0.446 e. The van der Waals surface area contributed by atoms with E-state index < -0.39 is 27.2 Å². The van der Waals surface area contributed by atoms with Gasteiger partial charge in [-0.2, -0.15) is 0 Å². The summed E-state index contributed by atoms with van der Waals surface area (Å²) in [6, 6.07) is 15.6. The molecule has 1 amide bonds. The summed E-state index contributed by atoms with van der Waals surface area (Å²) in [5, 5.41) is 5.93. The third kappa shape index (κ3) is 8.32. The fraction of sp³-hybridized carbons (Fsp3) is 0.462. The molecule has 3 rings (SSSR count). The van der Waals surface area contributed by atoms with E-state index in [0.29, 0.717) is 38.0 Å². The van der Waals surface area contributed by atoms with Crippen LogP contribution >= 0.6 is 0 Å². The number of aldehydes is 1. The first kappa shape index (κ1) is 27.6. The van der Waals surface area contributed by atoms with Crippen molar-refractivity contribution in [3.05, 3.63) is 60.2 Å². The van der Waals surface area contributed by atoms with Gasteiger partial charge in [-0.05, 0) is 50.6 Å². The van der Waals surface area contributed by atoms with Crippen molar-refractivity contribution in [3.63, 3.8) is 0 Å². The number of benzene rings is 2. The van der Waals surface area contributed by atoms with Gasteiger partial charge in [0.15, 0.2) is 0 Å². The van der Waals surface area contributed by atoms with Crippen LogP contribution in [0.4, 0.5) is 10.5 Å². The number of carbonyl (C=O) groups is 2. The van der Waals surface area contributed by atoms with Crippen molar-refractivity contribution in [1.82, 2.24) is 10.0 Å². The molecule has 0 radical (unpaired) electrons. The number of alkyl carbamates (subject to hydrolysis) is 1. The molecule has 2 aromatic carbocycles. The predicted octanol–water partition coefficient (Wildman–Crippen LogP) is 3.26. The molecule has 196 valence electrons. The van der Waals surface area contributed by atoms with Crippen molar-refractivity contribution in [3.8, 4) is 0 Å². The van der Waals surface area contributed by atoms with Crippen molar-refractivity contribution in [2.45, 2.75) is 62.1 Å². The van der Waals surface area contributed by atoms with Gasteiger partial charge in [0, 0.05) is 37.0 Å². The summed E-state index contributed by atoms with van der Waals surface area (Å²) in [6.07, 6.45) is 1.25. The summed E-state index contributed by atoms with van der Waals surface area (Å²) in [4.78, 5) is 25.2. The third-order valence-corrected chi connectivity index (χ3v) is 7.37. The number of rotatable bonds is 10. The lowest BCUT2D eigenvalue weighted by atomic mass is 9.92. The molecule has 1 saturated heterocycles. The van der Waals surface area contributed by atoms with E-state index >= 15 is 0 Å². The number of ether oxygens (including phenoxy) is 2. The zero-order valence-corrected chi connectivity index (χ0v) is 21.8. The van der Waals surface area contributed by atoms with E-state index in [1.165, 1.54) is 12.1 Å². The Labute approximate surface area is 213 Å². The van der Waals surface area contributed by atoms with Gasteiger partial charge >= 0.3 is 6.09 Å². The molecular formula is C26H35N3O6S. The molecule has 0 aromatic heterocycles. The molecule has 2 aromatic rings. The Bertz CT molecular complexity index is 1110. The number of amides is 1. The quantitative estimate of drug-likeness (QED) is 0.414. The van der Waals surface area contributed by atoms with Crippen LogP contribution in [-0.4, -0.2) is 57.7 Å². The van der Waals surface area contributed by atoms with Crippen LogP contribution < -0.4 is 15.4 Å². The van der Waals surface area contributed by atoms with Crippen molar-refractivity contribution in [2.24, 2.45) is 0 Å². The van der Waals surface area contributed by atoms with E-state index in [2.05, 4.69) is 15.4 Å². The lowest BCUT2D eigenvalue weighted by molar-refractivity contribution is -0.113. The summed E-state index contributed by atoms with van der Waals surface area (Å²) in [5.41, 5.74) is -0.430. The first-order chi connectivity index (χ1) is 17.0.